The molecule has 0 saturated carbocycles. The second kappa shape index (κ2) is 9.02. The average molecular weight is 394 g/mol. The van der Waals surface area contributed by atoms with E-state index in [1.807, 2.05) is 5.32 Å². The Morgan fingerprint density at radius 2 is 2.11 bits per heavy atom. The topological polar surface area (TPSA) is 144 Å². The average Bonchev–Trinajstić information content (AvgIpc) is 3.07. The van der Waals surface area contributed by atoms with Crippen LogP contribution in [0, 0.1) is 6.92 Å². The summed E-state index contributed by atoms with van der Waals surface area (Å²) in [6.07, 6.45) is 2.84. The zero-order valence-electron chi connectivity index (χ0n) is 15.2. The van der Waals surface area contributed by atoms with E-state index in [0.717, 1.165) is 4.68 Å². The molecule has 2 unspecified atom stereocenters. The maximum absolute atomic E-state index is 12.7. The van der Waals surface area contributed by atoms with Crippen LogP contribution in [-0.4, -0.2) is 50.2 Å². The fourth-order valence-electron chi connectivity index (χ4n) is 2.63. The number of hydrogen-bond acceptors (Lipinski definition) is 7. The molecular formula is C17H19FN4O6. The lowest BCUT2D eigenvalue weighted by Crippen LogP contribution is -2.49. The molecule has 2 aromatic heterocycles. The number of halogens is 1. The molecular weight excluding hydrogens is 375 g/mol. The van der Waals surface area contributed by atoms with E-state index in [1.54, 1.807) is 13.8 Å². The Kier molecular flexibility index (Phi) is 6.74. The van der Waals surface area contributed by atoms with E-state index in [1.165, 1.54) is 18.5 Å². The number of carboxylic acids is 1. The van der Waals surface area contributed by atoms with Crippen LogP contribution in [0.3, 0.4) is 0 Å². The summed E-state index contributed by atoms with van der Waals surface area (Å²) in [5.41, 5.74) is -0.0536. The number of hydrogen-bond donors (Lipinski definition) is 2. The van der Waals surface area contributed by atoms with Gasteiger partial charge in [-0.05, 0) is 12.5 Å². The first kappa shape index (κ1) is 20.9. The fourth-order valence-corrected chi connectivity index (χ4v) is 2.63. The number of rotatable bonds is 9. The Morgan fingerprint density at radius 3 is 2.64 bits per heavy atom. The molecule has 11 heteroatoms. The molecule has 0 bridgehead atoms. The second-order valence-corrected chi connectivity index (χ2v) is 5.95. The van der Waals surface area contributed by atoms with Gasteiger partial charge in [0.15, 0.2) is 24.4 Å². The summed E-state index contributed by atoms with van der Waals surface area (Å²) in [6.45, 7) is 1.74. The number of aryl methyl sites for hydroxylation is 1. The number of alkyl halides is 1. The van der Waals surface area contributed by atoms with Crippen molar-refractivity contribution in [3.8, 4) is 0 Å². The quantitative estimate of drug-likeness (QED) is 0.574. The minimum atomic E-state index is -2.02. The summed E-state index contributed by atoms with van der Waals surface area (Å²) in [7, 11) is 0. The molecule has 150 valence electrons. The third-order valence-electron chi connectivity index (χ3n) is 4.01. The number of nitrogens with zero attached hydrogens (tertiary/aromatic N) is 3. The molecule has 2 aromatic rings. The third kappa shape index (κ3) is 4.67. The van der Waals surface area contributed by atoms with Gasteiger partial charge in [0.05, 0.1) is 12.5 Å². The van der Waals surface area contributed by atoms with Gasteiger partial charge in [0, 0.05) is 18.7 Å². The van der Waals surface area contributed by atoms with Gasteiger partial charge < -0.3 is 14.8 Å². The first-order valence-corrected chi connectivity index (χ1v) is 8.37. The van der Waals surface area contributed by atoms with Crippen LogP contribution in [0.25, 0.3) is 0 Å². The van der Waals surface area contributed by atoms with E-state index in [4.69, 9.17) is 9.52 Å². The van der Waals surface area contributed by atoms with Gasteiger partial charge >= 0.3 is 5.97 Å². The first-order valence-electron chi connectivity index (χ1n) is 8.37. The number of carbonyl (C=O) groups is 3. The molecule has 2 N–H and O–H groups in total. The lowest BCUT2D eigenvalue weighted by molar-refractivity contribution is -0.146. The monoisotopic (exact) mass is 394 g/mol. The zero-order valence-corrected chi connectivity index (χ0v) is 15.2. The van der Waals surface area contributed by atoms with Crippen LogP contribution in [0.1, 0.15) is 36.4 Å². The lowest BCUT2D eigenvalue weighted by atomic mass is 9.96. The first-order chi connectivity index (χ1) is 13.3. The maximum atomic E-state index is 12.7. The number of amides is 1. The fraction of sp³-hybridized carbons (Fsp3) is 0.412. The molecule has 0 saturated heterocycles. The predicted octanol–water partition coefficient (Wildman–Crippen LogP) is 0.190. The van der Waals surface area contributed by atoms with Crippen molar-refractivity contribution in [1.29, 1.82) is 0 Å². The van der Waals surface area contributed by atoms with Crippen molar-refractivity contribution in [2.45, 2.75) is 38.8 Å². The molecule has 0 fully saturated rings. The molecule has 0 aliphatic rings. The van der Waals surface area contributed by atoms with Crippen LogP contribution in [0.2, 0.25) is 0 Å². The van der Waals surface area contributed by atoms with Crippen molar-refractivity contribution in [3.63, 3.8) is 0 Å². The molecule has 1 amide bonds. The van der Waals surface area contributed by atoms with Crippen molar-refractivity contribution >= 4 is 17.7 Å². The summed E-state index contributed by atoms with van der Waals surface area (Å²) in [4.78, 5) is 51.8. The highest BCUT2D eigenvalue weighted by molar-refractivity contribution is 6.06. The van der Waals surface area contributed by atoms with E-state index in [0.29, 0.717) is 11.6 Å². The van der Waals surface area contributed by atoms with Gasteiger partial charge in [0.2, 0.25) is 5.91 Å². The van der Waals surface area contributed by atoms with Crippen molar-refractivity contribution in [2.24, 2.45) is 0 Å². The van der Waals surface area contributed by atoms with Gasteiger partial charge in [-0.1, -0.05) is 6.92 Å². The number of aliphatic carboxylic acids is 1. The lowest BCUT2D eigenvalue weighted by Gasteiger charge is -2.18. The van der Waals surface area contributed by atoms with Gasteiger partial charge in [-0.15, -0.1) is 0 Å². The highest BCUT2D eigenvalue weighted by Crippen LogP contribution is 2.16. The smallest absolute Gasteiger partial charge is 0.334 e. The second-order valence-electron chi connectivity index (χ2n) is 5.95. The maximum Gasteiger partial charge on any atom is 0.334 e. The number of ketones is 1. The molecule has 2 atom stereocenters. The van der Waals surface area contributed by atoms with Crippen molar-refractivity contribution in [1.82, 2.24) is 20.1 Å². The normalized spacial score (nSPS) is 13.0. The molecule has 28 heavy (non-hydrogen) atoms. The van der Waals surface area contributed by atoms with Crippen molar-refractivity contribution < 1.29 is 28.3 Å². The van der Waals surface area contributed by atoms with Crippen LogP contribution >= 0.6 is 0 Å². The van der Waals surface area contributed by atoms with Crippen LogP contribution in [0.5, 0.6) is 0 Å². The van der Waals surface area contributed by atoms with Crippen molar-refractivity contribution in [3.05, 3.63) is 46.0 Å². The van der Waals surface area contributed by atoms with Gasteiger partial charge in [0.1, 0.15) is 12.0 Å². The highest BCUT2D eigenvalue weighted by Gasteiger charge is 2.31. The molecule has 10 nitrogen and oxygen atoms in total. The minimum absolute atomic E-state index is 0.0140. The summed E-state index contributed by atoms with van der Waals surface area (Å²) in [5, 5.41) is 15.0. The molecule has 0 aliphatic heterocycles. The van der Waals surface area contributed by atoms with Crippen LogP contribution in [0.4, 0.5) is 4.39 Å². The molecule has 0 radical (unpaired) electrons. The Morgan fingerprint density at radius 1 is 1.39 bits per heavy atom. The Hall–Kier alpha value is -3.37. The van der Waals surface area contributed by atoms with Crippen molar-refractivity contribution in [2.75, 3.05) is 6.67 Å². The third-order valence-corrected chi connectivity index (χ3v) is 4.01. The Balaban J connectivity index is 2.29. The molecule has 2 heterocycles. The van der Waals surface area contributed by atoms with E-state index in [-0.39, 0.29) is 18.5 Å². The van der Waals surface area contributed by atoms with Gasteiger partial charge in [0.25, 0.3) is 5.56 Å². The summed E-state index contributed by atoms with van der Waals surface area (Å²) < 4.78 is 18.7. The number of Topliss-reactive ketones (excluding diaryl/α,β-unsaturated/α-hetero) is 1. The number of carbonyl (C=O) groups excluding carboxylic acids is 2. The number of nitrogens with one attached hydrogen (secondary N) is 1. The highest BCUT2D eigenvalue weighted by atomic mass is 19.1. The summed E-state index contributed by atoms with van der Waals surface area (Å²) >= 11 is 0. The minimum Gasteiger partial charge on any atom is -0.479 e. The standard InChI is InChI=1S/C17H19FN4O6/c1-3-11(15(24)21-14(17(26)27)13(23)6-18)12-4-5-19-22(16(12)25)7-10-8-28-9(2)20-10/h4-5,8,11,14H,3,6-7H2,1-2H3,(H,21,24)(H,26,27). The van der Waals surface area contributed by atoms with Gasteiger partial charge in [-0.25, -0.2) is 18.9 Å². The summed E-state index contributed by atoms with van der Waals surface area (Å²) in [6, 6.07) is -0.679. The number of carboxylic acid groups (broad SMARTS) is 1. The van der Waals surface area contributed by atoms with Gasteiger partial charge in [-0.2, -0.15) is 5.10 Å². The van der Waals surface area contributed by atoms with E-state index in [9.17, 15) is 23.6 Å². The van der Waals surface area contributed by atoms with E-state index < -0.39 is 41.9 Å². The SMILES string of the molecule is CCC(C(=O)NC(C(=O)O)C(=O)CF)c1ccnn(Cc2coc(C)n2)c1=O. The predicted molar refractivity (Wildman–Crippen MR) is 92.4 cm³/mol. The summed E-state index contributed by atoms with van der Waals surface area (Å²) in [5.74, 6) is -4.47. The molecule has 0 aromatic carbocycles. The number of aromatic nitrogens is 3. The van der Waals surface area contributed by atoms with E-state index in [2.05, 4.69) is 10.1 Å². The Bertz CT molecular complexity index is 938. The van der Waals surface area contributed by atoms with Crippen LogP contribution in [-0.2, 0) is 20.9 Å². The van der Waals surface area contributed by atoms with Crippen LogP contribution in [0.15, 0.2) is 27.7 Å². The van der Waals surface area contributed by atoms with Crippen LogP contribution < -0.4 is 10.9 Å². The Labute approximate surface area is 158 Å². The van der Waals surface area contributed by atoms with E-state index >= 15 is 0 Å². The van der Waals surface area contributed by atoms with Gasteiger partial charge in [-0.3, -0.25) is 14.4 Å². The molecule has 0 spiro atoms. The zero-order chi connectivity index (χ0) is 20.8. The number of oxazole rings is 1. The molecule has 2 rings (SSSR count). The molecule has 0 aliphatic carbocycles. The largest absolute Gasteiger partial charge is 0.479 e.